The molecule has 2 bridgehead atoms. The number of unbranched alkanes of at least 4 members (excludes halogenated alkanes) is 1. The quantitative estimate of drug-likeness (QED) is 0.777. The van der Waals surface area contributed by atoms with Crippen molar-refractivity contribution >= 4 is 0 Å². The molecule has 1 N–H and O–H groups in total. The van der Waals surface area contributed by atoms with E-state index in [2.05, 4.69) is 6.92 Å². The summed E-state index contributed by atoms with van der Waals surface area (Å²) in [6.45, 7) is 2.22. The van der Waals surface area contributed by atoms with Crippen LogP contribution in [0.1, 0.15) is 39.0 Å². The Morgan fingerprint density at radius 3 is 2.87 bits per heavy atom. The monoisotopic (exact) mass is 214 g/mol. The van der Waals surface area contributed by atoms with Gasteiger partial charge in [-0.3, -0.25) is 0 Å². The number of aliphatic hydroxyl groups excluding tert-OH is 1. The molecule has 1 saturated heterocycles. The third kappa shape index (κ3) is 2.19. The van der Waals surface area contributed by atoms with Gasteiger partial charge in [0.05, 0.1) is 12.2 Å². The lowest BCUT2D eigenvalue weighted by Crippen LogP contribution is -2.36. The molecule has 88 valence electrons. The van der Waals surface area contributed by atoms with Gasteiger partial charge in [-0.1, -0.05) is 19.8 Å². The molecule has 3 nitrogen and oxygen atoms in total. The van der Waals surface area contributed by atoms with Crippen LogP contribution < -0.4 is 0 Å². The van der Waals surface area contributed by atoms with Gasteiger partial charge in [-0.25, -0.2) is 0 Å². The van der Waals surface area contributed by atoms with Crippen LogP contribution in [0.3, 0.4) is 0 Å². The van der Waals surface area contributed by atoms with Crippen LogP contribution in [0.25, 0.3) is 0 Å². The van der Waals surface area contributed by atoms with E-state index in [4.69, 9.17) is 9.47 Å². The third-order valence-corrected chi connectivity index (χ3v) is 3.97. The Kier molecular flexibility index (Phi) is 3.65. The van der Waals surface area contributed by atoms with E-state index >= 15 is 0 Å². The fourth-order valence-corrected chi connectivity index (χ4v) is 3.21. The van der Waals surface area contributed by atoms with Gasteiger partial charge < -0.3 is 14.6 Å². The second-order valence-corrected chi connectivity index (χ2v) is 4.84. The first kappa shape index (κ1) is 11.4. The van der Waals surface area contributed by atoms with Crippen LogP contribution in [-0.4, -0.2) is 30.7 Å². The zero-order valence-corrected chi connectivity index (χ0v) is 9.69. The van der Waals surface area contributed by atoms with E-state index in [0.717, 1.165) is 12.8 Å². The molecule has 15 heavy (non-hydrogen) atoms. The Balaban J connectivity index is 2.00. The molecule has 1 aliphatic carbocycles. The van der Waals surface area contributed by atoms with Crippen LogP contribution in [0.2, 0.25) is 0 Å². The minimum Gasteiger partial charge on any atom is -0.381 e. The van der Waals surface area contributed by atoms with Crippen molar-refractivity contribution in [2.45, 2.75) is 57.5 Å². The van der Waals surface area contributed by atoms with Crippen LogP contribution in [-0.2, 0) is 9.47 Å². The summed E-state index contributed by atoms with van der Waals surface area (Å²) < 4.78 is 11.1. The molecule has 0 spiro atoms. The fourth-order valence-electron chi connectivity index (χ4n) is 3.21. The molecule has 2 aliphatic rings. The average Bonchev–Trinajstić information content (AvgIpc) is 2.42. The van der Waals surface area contributed by atoms with Crippen molar-refractivity contribution in [2.24, 2.45) is 11.8 Å². The smallest absolute Gasteiger partial charge is 0.155 e. The van der Waals surface area contributed by atoms with Crippen molar-refractivity contribution in [3.63, 3.8) is 0 Å². The van der Waals surface area contributed by atoms with Gasteiger partial charge >= 0.3 is 0 Å². The van der Waals surface area contributed by atoms with Gasteiger partial charge in [0, 0.05) is 20.0 Å². The van der Waals surface area contributed by atoms with Gasteiger partial charge in [-0.2, -0.15) is 0 Å². The zero-order valence-electron chi connectivity index (χ0n) is 9.69. The Labute approximate surface area is 91.8 Å². The maximum absolute atomic E-state index is 9.57. The summed E-state index contributed by atoms with van der Waals surface area (Å²) in [5.74, 6) is 1.12. The van der Waals surface area contributed by atoms with Gasteiger partial charge in [-0.05, 0) is 18.3 Å². The highest BCUT2D eigenvalue weighted by Crippen LogP contribution is 2.45. The van der Waals surface area contributed by atoms with E-state index < -0.39 is 6.29 Å². The molecule has 1 heterocycles. The third-order valence-electron chi connectivity index (χ3n) is 3.97. The lowest BCUT2D eigenvalue weighted by Gasteiger charge is -2.33. The summed E-state index contributed by atoms with van der Waals surface area (Å²) in [6.07, 6.45) is 5.40. The van der Waals surface area contributed by atoms with E-state index in [1.165, 1.54) is 19.3 Å². The molecule has 0 aromatic rings. The van der Waals surface area contributed by atoms with Gasteiger partial charge in [0.1, 0.15) is 0 Å². The molecule has 3 heteroatoms. The molecule has 2 fully saturated rings. The van der Waals surface area contributed by atoms with Crippen molar-refractivity contribution < 1.29 is 14.6 Å². The number of ether oxygens (including phenoxy) is 2. The second kappa shape index (κ2) is 4.81. The van der Waals surface area contributed by atoms with Crippen LogP contribution in [0, 0.1) is 11.8 Å². The van der Waals surface area contributed by atoms with Crippen LogP contribution >= 0.6 is 0 Å². The molecule has 1 aliphatic heterocycles. The highest BCUT2D eigenvalue weighted by molar-refractivity contribution is 4.96. The molecule has 1 saturated carbocycles. The molecule has 0 radical (unpaired) electrons. The minimum atomic E-state index is -0.557. The second-order valence-electron chi connectivity index (χ2n) is 4.84. The van der Waals surface area contributed by atoms with Crippen LogP contribution in [0.4, 0.5) is 0 Å². The Hall–Kier alpha value is -0.120. The first-order valence-electron chi connectivity index (χ1n) is 6.12. The lowest BCUT2D eigenvalue weighted by atomic mass is 9.85. The molecular weight excluding hydrogens is 192 g/mol. The molecule has 0 aromatic carbocycles. The van der Waals surface area contributed by atoms with Gasteiger partial charge in [-0.15, -0.1) is 0 Å². The molecular formula is C12H22O3. The first-order valence-corrected chi connectivity index (χ1v) is 6.12. The van der Waals surface area contributed by atoms with Crippen molar-refractivity contribution in [1.82, 2.24) is 0 Å². The van der Waals surface area contributed by atoms with Crippen molar-refractivity contribution in [2.75, 3.05) is 7.11 Å². The van der Waals surface area contributed by atoms with E-state index in [1.807, 2.05) is 0 Å². The lowest BCUT2D eigenvalue weighted by molar-refractivity contribution is -0.182. The average molecular weight is 214 g/mol. The van der Waals surface area contributed by atoms with E-state index in [1.54, 1.807) is 7.11 Å². The Morgan fingerprint density at radius 2 is 2.20 bits per heavy atom. The SMILES string of the molecule is CCCCC1C2CC(OC)C1CC(O)O2. The fraction of sp³-hybridized carbons (Fsp3) is 1.00. The van der Waals surface area contributed by atoms with E-state index in [-0.39, 0.29) is 6.10 Å². The molecule has 0 aromatic heterocycles. The highest BCUT2D eigenvalue weighted by Gasteiger charge is 2.48. The van der Waals surface area contributed by atoms with Crippen molar-refractivity contribution in [3.8, 4) is 0 Å². The van der Waals surface area contributed by atoms with Crippen LogP contribution in [0.15, 0.2) is 0 Å². The van der Waals surface area contributed by atoms with Crippen molar-refractivity contribution in [3.05, 3.63) is 0 Å². The summed E-state index contributed by atoms with van der Waals surface area (Å²) in [5, 5.41) is 9.57. The number of methoxy groups -OCH3 is 1. The topological polar surface area (TPSA) is 38.7 Å². The largest absolute Gasteiger partial charge is 0.381 e. The predicted molar refractivity (Wildman–Crippen MR) is 57.4 cm³/mol. The summed E-state index contributed by atoms with van der Waals surface area (Å²) >= 11 is 0. The van der Waals surface area contributed by atoms with Crippen LogP contribution in [0.5, 0.6) is 0 Å². The summed E-state index contributed by atoms with van der Waals surface area (Å²) in [7, 11) is 1.77. The number of hydrogen-bond acceptors (Lipinski definition) is 3. The van der Waals surface area contributed by atoms with Gasteiger partial charge in [0.2, 0.25) is 0 Å². The molecule has 2 rings (SSSR count). The maximum atomic E-state index is 9.57. The van der Waals surface area contributed by atoms with Crippen molar-refractivity contribution in [1.29, 1.82) is 0 Å². The summed E-state index contributed by atoms with van der Waals surface area (Å²) in [4.78, 5) is 0. The number of fused-ring (bicyclic) bond motifs is 2. The Bertz CT molecular complexity index is 207. The zero-order chi connectivity index (χ0) is 10.8. The van der Waals surface area contributed by atoms with Gasteiger partial charge in [0.25, 0.3) is 0 Å². The minimum absolute atomic E-state index is 0.232. The number of rotatable bonds is 4. The summed E-state index contributed by atoms with van der Waals surface area (Å²) in [5.41, 5.74) is 0. The van der Waals surface area contributed by atoms with Gasteiger partial charge in [0.15, 0.2) is 6.29 Å². The Morgan fingerprint density at radius 1 is 1.40 bits per heavy atom. The number of aliphatic hydroxyl groups is 1. The summed E-state index contributed by atoms with van der Waals surface area (Å²) in [6, 6.07) is 0. The standard InChI is InChI=1S/C12H22O3/c1-3-4-5-8-9-6-12(13)15-11(8)7-10(9)14-2/h8-13H,3-7H2,1-2H3. The molecule has 0 amide bonds. The highest BCUT2D eigenvalue weighted by atomic mass is 16.6. The normalized spacial score (nSPS) is 44.6. The maximum Gasteiger partial charge on any atom is 0.155 e. The van der Waals surface area contributed by atoms with E-state index in [9.17, 15) is 5.11 Å². The van der Waals surface area contributed by atoms with E-state index in [0.29, 0.717) is 17.9 Å². The molecule has 5 atom stereocenters. The number of hydrogen-bond donors (Lipinski definition) is 1. The molecule has 5 unspecified atom stereocenters. The first-order chi connectivity index (χ1) is 7.26. The predicted octanol–water partition coefficient (Wildman–Crippen LogP) is 1.94.